The van der Waals surface area contributed by atoms with Gasteiger partial charge in [0.2, 0.25) is 5.91 Å². The highest BCUT2D eigenvalue weighted by Crippen LogP contribution is 2.40. The molecule has 1 aromatic carbocycles. The minimum Gasteiger partial charge on any atom is -0.476 e. The zero-order chi connectivity index (χ0) is 25.2. The average Bonchev–Trinajstić information content (AvgIpc) is 2.78. The molecule has 188 valence electrons. The number of hydrogen-bond donors (Lipinski definition) is 0. The molecule has 1 aliphatic heterocycles. The van der Waals surface area contributed by atoms with Gasteiger partial charge in [0.15, 0.2) is 5.60 Å². The fourth-order valence-corrected chi connectivity index (χ4v) is 5.13. The number of rotatable bonds is 7. The van der Waals surface area contributed by atoms with Crippen molar-refractivity contribution in [1.29, 1.82) is 0 Å². The molecule has 0 spiro atoms. The van der Waals surface area contributed by atoms with Crippen molar-refractivity contribution in [3.63, 3.8) is 0 Å². The maximum absolute atomic E-state index is 13.8. The van der Waals surface area contributed by atoms with Crippen LogP contribution in [0.1, 0.15) is 89.1 Å². The first-order valence-corrected chi connectivity index (χ1v) is 12.7. The molecule has 1 fully saturated rings. The van der Waals surface area contributed by atoms with Crippen LogP contribution in [0.4, 0.5) is 5.69 Å². The van der Waals surface area contributed by atoms with Gasteiger partial charge in [-0.2, -0.15) is 0 Å². The third-order valence-corrected chi connectivity index (χ3v) is 7.10. The third-order valence-electron chi connectivity index (χ3n) is 7.10. The monoisotopic (exact) mass is 471 g/mol. The molecule has 0 saturated heterocycles. The summed E-state index contributed by atoms with van der Waals surface area (Å²) in [6.45, 7) is 12.2. The van der Waals surface area contributed by atoms with E-state index in [1.165, 1.54) is 6.42 Å². The van der Waals surface area contributed by atoms with Crippen molar-refractivity contribution in [3.8, 4) is 5.75 Å². The van der Waals surface area contributed by atoms with Crippen LogP contribution in [-0.2, 0) is 9.59 Å². The summed E-state index contributed by atoms with van der Waals surface area (Å²) in [7, 11) is 1.75. The van der Waals surface area contributed by atoms with Crippen molar-refractivity contribution in [2.75, 3.05) is 25.0 Å². The predicted molar refractivity (Wildman–Crippen MR) is 134 cm³/mol. The molecule has 2 aliphatic rings. The maximum atomic E-state index is 13.8. The van der Waals surface area contributed by atoms with Crippen LogP contribution in [0.15, 0.2) is 12.1 Å². The lowest BCUT2D eigenvalue weighted by Gasteiger charge is -2.40. The minimum atomic E-state index is -1.02. The van der Waals surface area contributed by atoms with Crippen molar-refractivity contribution in [2.24, 2.45) is 0 Å². The number of likely N-dealkylation sites (N-methyl/N-ethyl adjacent to an activating group) is 1. The summed E-state index contributed by atoms with van der Waals surface area (Å²) in [5.41, 5.74) is 1.03. The number of ether oxygens (including phenoxy) is 1. The molecule has 34 heavy (non-hydrogen) atoms. The van der Waals surface area contributed by atoms with E-state index in [1.807, 2.05) is 30.9 Å². The van der Waals surface area contributed by atoms with Gasteiger partial charge in [-0.05, 0) is 65.2 Å². The van der Waals surface area contributed by atoms with Crippen LogP contribution in [0.25, 0.3) is 0 Å². The quantitative estimate of drug-likeness (QED) is 0.585. The lowest BCUT2D eigenvalue weighted by atomic mass is 9.92. The molecule has 3 amide bonds. The Kier molecular flexibility index (Phi) is 7.94. The van der Waals surface area contributed by atoms with E-state index in [0.29, 0.717) is 36.5 Å². The topological polar surface area (TPSA) is 70.2 Å². The van der Waals surface area contributed by atoms with Gasteiger partial charge in [-0.25, -0.2) is 0 Å². The summed E-state index contributed by atoms with van der Waals surface area (Å²) in [6, 6.07) is 4.04. The fraction of sp³-hybridized carbons (Fsp3) is 0.667. The Hall–Kier alpha value is -2.57. The summed E-state index contributed by atoms with van der Waals surface area (Å²) in [5, 5.41) is 0. The zero-order valence-electron chi connectivity index (χ0n) is 21.9. The van der Waals surface area contributed by atoms with E-state index in [9.17, 15) is 14.4 Å². The second-order valence-corrected chi connectivity index (χ2v) is 10.5. The highest BCUT2D eigenvalue weighted by atomic mass is 16.5. The van der Waals surface area contributed by atoms with Crippen LogP contribution in [0, 0.1) is 6.92 Å². The highest BCUT2D eigenvalue weighted by molar-refractivity contribution is 6.05. The molecule has 7 heteroatoms. The van der Waals surface area contributed by atoms with Crippen LogP contribution in [0.3, 0.4) is 0 Å². The number of benzene rings is 1. The third kappa shape index (κ3) is 5.23. The molecule has 0 bridgehead atoms. The van der Waals surface area contributed by atoms with Gasteiger partial charge in [0.25, 0.3) is 11.8 Å². The van der Waals surface area contributed by atoms with Gasteiger partial charge in [-0.3, -0.25) is 14.4 Å². The van der Waals surface area contributed by atoms with Gasteiger partial charge in [0.05, 0.1) is 5.69 Å². The summed E-state index contributed by atoms with van der Waals surface area (Å²) in [4.78, 5) is 44.6. The van der Waals surface area contributed by atoms with Crippen LogP contribution >= 0.6 is 0 Å². The Morgan fingerprint density at radius 2 is 1.82 bits per heavy atom. The summed E-state index contributed by atoms with van der Waals surface area (Å²) in [6.07, 6.45) is 6.02. The Balaban J connectivity index is 1.98. The number of aryl methyl sites for hydroxylation is 1. The Bertz CT molecular complexity index is 934. The van der Waals surface area contributed by atoms with Crippen LogP contribution < -0.4 is 9.64 Å². The van der Waals surface area contributed by atoms with Crippen molar-refractivity contribution < 1.29 is 19.1 Å². The van der Waals surface area contributed by atoms with E-state index in [4.69, 9.17) is 4.74 Å². The number of carbonyl (C=O) groups excluding carboxylic acids is 3. The first-order valence-electron chi connectivity index (χ1n) is 12.7. The van der Waals surface area contributed by atoms with Gasteiger partial charge in [0.1, 0.15) is 5.75 Å². The number of carbonyl (C=O) groups is 3. The maximum Gasteiger partial charge on any atom is 0.270 e. The second kappa shape index (κ2) is 10.4. The highest BCUT2D eigenvalue weighted by Gasteiger charge is 2.42. The van der Waals surface area contributed by atoms with Crippen molar-refractivity contribution >= 4 is 23.4 Å². The average molecular weight is 472 g/mol. The smallest absolute Gasteiger partial charge is 0.270 e. The van der Waals surface area contributed by atoms with Crippen LogP contribution in [-0.4, -0.2) is 65.3 Å². The summed E-state index contributed by atoms with van der Waals surface area (Å²) >= 11 is 0. The summed E-state index contributed by atoms with van der Waals surface area (Å²) in [5.74, 6) is 0.460. The first kappa shape index (κ1) is 26.0. The SMILES string of the molecule is CCC(=O)N(C)CCN1C(=O)C(C)(C)Oc2cc(C)c(C(=O)N(C(C)C)C3CCCCC3)cc21. The van der Waals surface area contributed by atoms with E-state index < -0.39 is 5.60 Å². The van der Waals surface area contributed by atoms with Gasteiger partial charge in [0, 0.05) is 44.2 Å². The number of anilines is 1. The zero-order valence-corrected chi connectivity index (χ0v) is 21.9. The lowest BCUT2D eigenvalue weighted by molar-refractivity contribution is -0.133. The largest absolute Gasteiger partial charge is 0.476 e. The van der Waals surface area contributed by atoms with Gasteiger partial charge < -0.3 is 19.4 Å². The molecule has 1 aromatic rings. The number of fused-ring (bicyclic) bond motifs is 1. The van der Waals surface area contributed by atoms with Gasteiger partial charge >= 0.3 is 0 Å². The van der Waals surface area contributed by atoms with E-state index in [1.54, 1.807) is 30.7 Å². The molecule has 0 atom stereocenters. The second-order valence-electron chi connectivity index (χ2n) is 10.5. The molecule has 0 radical (unpaired) electrons. The van der Waals surface area contributed by atoms with Gasteiger partial charge in [-0.15, -0.1) is 0 Å². The molecule has 1 heterocycles. The van der Waals surface area contributed by atoms with Crippen molar-refractivity contribution in [3.05, 3.63) is 23.3 Å². The normalized spacial score (nSPS) is 17.9. The standard InChI is InChI=1S/C27H41N3O4/c1-8-24(31)28(7)14-15-29-22-17-21(19(4)16-23(22)34-27(5,6)26(29)33)25(32)30(18(2)3)20-12-10-9-11-13-20/h16-18,20H,8-15H2,1-7H3. The fourth-order valence-electron chi connectivity index (χ4n) is 5.13. The molecule has 3 rings (SSSR count). The number of nitrogens with zero attached hydrogens (tertiary/aromatic N) is 3. The van der Waals surface area contributed by atoms with E-state index in [2.05, 4.69) is 13.8 Å². The molecular weight excluding hydrogens is 430 g/mol. The van der Waals surface area contributed by atoms with E-state index in [-0.39, 0.29) is 29.8 Å². The Labute approximate surface area is 204 Å². The summed E-state index contributed by atoms with van der Waals surface area (Å²) < 4.78 is 6.08. The minimum absolute atomic E-state index is 0.0118. The van der Waals surface area contributed by atoms with E-state index >= 15 is 0 Å². The van der Waals surface area contributed by atoms with Crippen molar-refractivity contribution in [2.45, 2.75) is 97.8 Å². The van der Waals surface area contributed by atoms with Crippen LogP contribution in [0.5, 0.6) is 5.75 Å². The molecule has 1 saturated carbocycles. The predicted octanol–water partition coefficient (Wildman–Crippen LogP) is 4.55. The lowest BCUT2D eigenvalue weighted by Crippen LogP contribution is -2.54. The van der Waals surface area contributed by atoms with Crippen LogP contribution in [0.2, 0.25) is 0 Å². The molecule has 1 aliphatic carbocycles. The Morgan fingerprint density at radius 3 is 2.41 bits per heavy atom. The molecule has 0 aromatic heterocycles. The van der Waals surface area contributed by atoms with Gasteiger partial charge in [-0.1, -0.05) is 26.2 Å². The van der Waals surface area contributed by atoms with Crippen molar-refractivity contribution in [1.82, 2.24) is 9.80 Å². The number of hydrogen-bond acceptors (Lipinski definition) is 4. The molecular formula is C27H41N3O4. The molecule has 0 N–H and O–H groups in total. The number of amides is 3. The molecule has 7 nitrogen and oxygen atoms in total. The van der Waals surface area contributed by atoms with E-state index in [0.717, 1.165) is 31.2 Å². The Morgan fingerprint density at radius 1 is 1.18 bits per heavy atom. The first-order chi connectivity index (χ1) is 16.0. The molecule has 0 unspecified atom stereocenters.